The molecule has 1 atom stereocenters. The van der Waals surface area contributed by atoms with Gasteiger partial charge in [0.15, 0.2) is 0 Å². The monoisotopic (exact) mass is 396 g/mol. The molecule has 3 nitrogen and oxygen atoms in total. The number of carbonyl (C=O) groups is 1. The van der Waals surface area contributed by atoms with Crippen LogP contribution >= 0.6 is 34.8 Å². The maximum absolute atomic E-state index is 12.2. The van der Waals surface area contributed by atoms with E-state index in [1.54, 1.807) is 18.0 Å². The van der Waals surface area contributed by atoms with Gasteiger partial charge in [-0.15, -0.1) is 0 Å². The van der Waals surface area contributed by atoms with Gasteiger partial charge in [-0.1, -0.05) is 95.5 Å². The minimum atomic E-state index is -1.67. The number of amides is 1. The fraction of sp³-hybridized carbons (Fsp3) is 0.211. The third-order valence-corrected chi connectivity index (χ3v) is 4.15. The van der Waals surface area contributed by atoms with E-state index >= 15 is 0 Å². The molecule has 0 spiro atoms. The Morgan fingerprint density at radius 1 is 1.08 bits per heavy atom. The van der Waals surface area contributed by atoms with E-state index < -0.39 is 9.96 Å². The van der Waals surface area contributed by atoms with E-state index in [1.165, 1.54) is 6.08 Å². The number of benzene rings is 2. The lowest BCUT2D eigenvalue weighted by Gasteiger charge is -2.33. The van der Waals surface area contributed by atoms with Gasteiger partial charge >= 0.3 is 0 Å². The average molecular weight is 398 g/mol. The Morgan fingerprint density at radius 3 is 2.20 bits per heavy atom. The Morgan fingerprint density at radius 2 is 1.64 bits per heavy atom. The molecule has 132 valence electrons. The van der Waals surface area contributed by atoms with Crippen LogP contribution in [-0.4, -0.2) is 27.8 Å². The second kappa shape index (κ2) is 9.25. The van der Waals surface area contributed by atoms with Gasteiger partial charge in [-0.2, -0.15) is 0 Å². The number of carbonyl (C=O) groups excluding carboxylic acids is 1. The predicted molar refractivity (Wildman–Crippen MR) is 106 cm³/mol. The van der Waals surface area contributed by atoms with Crippen molar-refractivity contribution in [1.82, 2.24) is 10.2 Å². The largest absolute Gasteiger partial charge is 0.333 e. The molecule has 6 heteroatoms. The van der Waals surface area contributed by atoms with Crippen LogP contribution in [0.5, 0.6) is 0 Å². The minimum Gasteiger partial charge on any atom is -0.333 e. The molecule has 2 rings (SSSR count). The maximum atomic E-state index is 12.2. The molecule has 0 aromatic heterocycles. The first-order valence-electron chi connectivity index (χ1n) is 7.71. The number of hydrogen-bond donors (Lipinski definition) is 1. The summed E-state index contributed by atoms with van der Waals surface area (Å²) in [6.07, 6.45) is 2.36. The molecule has 0 saturated carbocycles. The highest BCUT2D eigenvalue weighted by Gasteiger charge is 2.36. The topological polar surface area (TPSA) is 32.3 Å². The quantitative estimate of drug-likeness (QED) is 0.437. The van der Waals surface area contributed by atoms with Crippen LogP contribution < -0.4 is 5.32 Å². The van der Waals surface area contributed by atoms with Crippen molar-refractivity contribution in [3.05, 3.63) is 77.9 Å². The van der Waals surface area contributed by atoms with Crippen LogP contribution in [0.2, 0.25) is 0 Å². The van der Waals surface area contributed by atoms with Crippen molar-refractivity contribution in [2.24, 2.45) is 0 Å². The SMILES string of the molecule is CN(Cc1ccccc1)C(NC(=O)/C=C\c1ccccc1)C(Cl)(Cl)Cl. The fourth-order valence-corrected chi connectivity index (χ4v) is 2.99. The lowest BCUT2D eigenvalue weighted by atomic mass is 10.2. The Hall–Kier alpha value is -1.52. The van der Waals surface area contributed by atoms with E-state index in [0.717, 1.165) is 11.1 Å². The first-order valence-corrected chi connectivity index (χ1v) is 8.84. The molecule has 0 bridgehead atoms. The standard InChI is InChI=1S/C19H19Cl3N2O/c1-24(14-16-10-6-3-7-11-16)18(19(20,21)22)23-17(25)13-12-15-8-4-2-5-9-15/h2-13,18H,14H2,1H3,(H,23,25)/b13-12-. The zero-order chi connectivity index (χ0) is 18.3. The summed E-state index contributed by atoms with van der Waals surface area (Å²) in [4.78, 5) is 14.0. The van der Waals surface area contributed by atoms with Crippen LogP contribution in [0, 0.1) is 0 Å². The van der Waals surface area contributed by atoms with Crippen LogP contribution in [0.1, 0.15) is 11.1 Å². The second-order valence-corrected chi connectivity index (χ2v) is 7.97. The van der Waals surface area contributed by atoms with Crippen molar-refractivity contribution in [2.75, 3.05) is 7.05 Å². The summed E-state index contributed by atoms with van der Waals surface area (Å²) in [5.74, 6) is -0.333. The molecular formula is C19H19Cl3N2O. The molecule has 0 saturated heterocycles. The van der Waals surface area contributed by atoms with Crippen LogP contribution in [0.25, 0.3) is 6.08 Å². The van der Waals surface area contributed by atoms with Gasteiger partial charge in [0.05, 0.1) is 0 Å². The molecule has 2 aromatic carbocycles. The van der Waals surface area contributed by atoms with Crippen LogP contribution in [0.3, 0.4) is 0 Å². The summed E-state index contributed by atoms with van der Waals surface area (Å²) in [7, 11) is 1.79. The minimum absolute atomic E-state index is 0.333. The molecule has 0 aliphatic carbocycles. The van der Waals surface area contributed by atoms with E-state index in [1.807, 2.05) is 60.7 Å². The van der Waals surface area contributed by atoms with E-state index in [0.29, 0.717) is 6.54 Å². The van der Waals surface area contributed by atoms with Crippen LogP contribution in [0.15, 0.2) is 66.7 Å². The molecule has 0 heterocycles. The summed E-state index contributed by atoms with van der Waals surface area (Å²) in [5.41, 5.74) is 1.97. The molecule has 0 fully saturated rings. The molecule has 1 N–H and O–H groups in total. The molecule has 0 radical (unpaired) electrons. The molecule has 1 unspecified atom stereocenters. The summed E-state index contributed by atoms with van der Waals surface area (Å²) in [5, 5.41) is 2.75. The molecule has 0 aliphatic heterocycles. The summed E-state index contributed by atoms with van der Waals surface area (Å²) in [6.45, 7) is 0.530. The zero-order valence-electron chi connectivity index (χ0n) is 13.7. The Bertz CT molecular complexity index is 700. The Labute approximate surface area is 163 Å². The van der Waals surface area contributed by atoms with Crippen LogP contribution in [-0.2, 0) is 11.3 Å². The second-order valence-electron chi connectivity index (χ2n) is 5.60. The highest BCUT2D eigenvalue weighted by molar-refractivity contribution is 6.68. The zero-order valence-corrected chi connectivity index (χ0v) is 16.0. The lowest BCUT2D eigenvalue weighted by molar-refractivity contribution is -0.118. The third kappa shape index (κ3) is 6.71. The normalized spacial score (nSPS) is 13.2. The Balaban J connectivity index is 2.04. The number of nitrogens with zero attached hydrogens (tertiary/aromatic N) is 1. The first-order chi connectivity index (χ1) is 11.9. The van der Waals surface area contributed by atoms with Gasteiger partial charge in [0.1, 0.15) is 6.17 Å². The van der Waals surface area contributed by atoms with Crippen molar-refractivity contribution in [2.45, 2.75) is 16.5 Å². The molecule has 25 heavy (non-hydrogen) atoms. The lowest BCUT2D eigenvalue weighted by Crippen LogP contribution is -2.53. The van der Waals surface area contributed by atoms with Gasteiger partial charge in [0.25, 0.3) is 0 Å². The Kier molecular flexibility index (Phi) is 7.33. The van der Waals surface area contributed by atoms with E-state index in [-0.39, 0.29) is 5.91 Å². The molecule has 2 aromatic rings. The van der Waals surface area contributed by atoms with Gasteiger partial charge in [0, 0.05) is 12.6 Å². The average Bonchev–Trinajstić information content (AvgIpc) is 2.58. The van der Waals surface area contributed by atoms with Crippen LogP contribution in [0.4, 0.5) is 0 Å². The summed E-state index contributed by atoms with van der Waals surface area (Å²) in [6, 6.07) is 19.3. The number of rotatable bonds is 6. The van der Waals surface area contributed by atoms with Gasteiger partial charge < -0.3 is 5.32 Å². The van der Waals surface area contributed by atoms with Crippen molar-refractivity contribution in [1.29, 1.82) is 0 Å². The van der Waals surface area contributed by atoms with Crippen molar-refractivity contribution < 1.29 is 4.79 Å². The molecule has 1 amide bonds. The van der Waals surface area contributed by atoms with Gasteiger partial charge in [-0.3, -0.25) is 9.69 Å². The number of halogens is 3. The number of nitrogens with one attached hydrogen (secondary N) is 1. The van der Waals surface area contributed by atoms with Gasteiger partial charge in [-0.05, 0) is 24.3 Å². The highest BCUT2D eigenvalue weighted by atomic mass is 35.6. The predicted octanol–water partition coefficient (Wildman–Crippen LogP) is 4.64. The van der Waals surface area contributed by atoms with Gasteiger partial charge in [0.2, 0.25) is 9.70 Å². The molecule has 0 aliphatic rings. The smallest absolute Gasteiger partial charge is 0.245 e. The number of alkyl halides is 3. The van der Waals surface area contributed by atoms with E-state index in [4.69, 9.17) is 34.8 Å². The van der Waals surface area contributed by atoms with E-state index in [9.17, 15) is 4.79 Å². The maximum Gasteiger partial charge on any atom is 0.245 e. The highest BCUT2D eigenvalue weighted by Crippen LogP contribution is 2.32. The number of hydrogen-bond acceptors (Lipinski definition) is 2. The van der Waals surface area contributed by atoms with E-state index in [2.05, 4.69) is 5.32 Å². The van der Waals surface area contributed by atoms with Gasteiger partial charge in [-0.25, -0.2) is 0 Å². The van der Waals surface area contributed by atoms with Crippen molar-refractivity contribution in [3.63, 3.8) is 0 Å². The molecular weight excluding hydrogens is 379 g/mol. The summed E-state index contributed by atoms with van der Waals surface area (Å²) < 4.78 is -1.67. The van der Waals surface area contributed by atoms with Crippen molar-refractivity contribution in [3.8, 4) is 0 Å². The fourth-order valence-electron chi connectivity index (χ4n) is 2.32. The summed E-state index contributed by atoms with van der Waals surface area (Å²) >= 11 is 18.2. The van der Waals surface area contributed by atoms with Crippen molar-refractivity contribution >= 4 is 46.8 Å². The first kappa shape index (κ1) is 19.8. The third-order valence-electron chi connectivity index (χ3n) is 3.53.